The predicted molar refractivity (Wildman–Crippen MR) is 93.6 cm³/mol. The van der Waals surface area contributed by atoms with Crippen LogP contribution in [-0.4, -0.2) is 33.3 Å². The van der Waals surface area contributed by atoms with Gasteiger partial charge in [-0.2, -0.15) is 5.26 Å². The lowest BCUT2D eigenvalue weighted by atomic mass is 10.2. The highest BCUT2D eigenvalue weighted by atomic mass is 35.5. The topological polar surface area (TPSA) is 39.5 Å². The molecule has 5 heteroatoms. The quantitative estimate of drug-likeness (QED) is 0.864. The average Bonchev–Trinajstić information content (AvgIpc) is 2.62. The number of nitriles is 1. The molecular formula is C18H18ClN3O. The third-order valence-electron chi connectivity index (χ3n) is 4.16. The van der Waals surface area contributed by atoms with Crippen LogP contribution in [-0.2, 0) is 0 Å². The van der Waals surface area contributed by atoms with E-state index in [0.29, 0.717) is 10.6 Å². The first-order chi connectivity index (χ1) is 11.2. The van der Waals surface area contributed by atoms with Gasteiger partial charge >= 0.3 is 0 Å². The Morgan fingerprint density at radius 3 is 2.04 bits per heavy atom. The zero-order chi connectivity index (χ0) is 16.2. The second-order valence-electron chi connectivity index (χ2n) is 5.45. The number of methoxy groups -OCH3 is 1. The molecule has 23 heavy (non-hydrogen) atoms. The van der Waals surface area contributed by atoms with E-state index in [2.05, 4.69) is 28.0 Å². The number of nitrogens with zero attached hydrogens (tertiary/aromatic N) is 3. The molecule has 3 rings (SSSR count). The largest absolute Gasteiger partial charge is 0.497 e. The van der Waals surface area contributed by atoms with Crippen LogP contribution in [0, 0.1) is 11.3 Å². The molecule has 1 heterocycles. The van der Waals surface area contributed by atoms with Crippen LogP contribution in [0.4, 0.5) is 11.4 Å². The number of rotatable bonds is 3. The molecule has 2 aromatic rings. The molecule has 0 N–H and O–H groups in total. The fourth-order valence-corrected chi connectivity index (χ4v) is 3.02. The molecule has 2 aromatic carbocycles. The first-order valence-corrected chi connectivity index (χ1v) is 7.92. The summed E-state index contributed by atoms with van der Waals surface area (Å²) < 4.78 is 5.20. The summed E-state index contributed by atoms with van der Waals surface area (Å²) in [6.45, 7) is 3.75. The van der Waals surface area contributed by atoms with Crippen molar-refractivity contribution in [3.8, 4) is 11.8 Å². The van der Waals surface area contributed by atoms with Crippen molar-refractivity contribution in [1.82, 2.24) is 0 Å². The van der Waals surface area contributed by atoms with Crippen LogP contribution in [0.25, 0.3) is 0 Å². The number of ether oxygens (including phenoxy) is 1. The van der Waals surface area contributed by atoms with E-state index >= 15 is 0 Å². The van der Waals surface area contributed by atoms with Crippen LogP contribution < -0.4 is 14.5 Å². The van der Waals surface area contributed by atoms with Crippen LogP contribution in [0.1, 0.15) is 5.56 Å². The Labute approximate surface area is 141 Å². The first-order valence-electron chi connectivity index (χ1n) is 7.55. The molecule has 0 radical (unpaired) electrons. The Bertz CT molecular complexity index is 716. The van der Waals surface area contributed by atoms with Gasteiger partial charge < -0.3 is 14.5 Å². The van der Waals surface area contributed by atoms with Gasteiger partial charge in [-0.3, -0.25) is 0 Å². The smallest absolute Gasteiger partial charge is 0.119 e. The molecule has 1 aliphatic heterocycles. The maximum atomic E-state index is 8.95. The molecular weight excluding hydrogens is 310 g/mol. The summed E-state index contributed by atoms with van der Waals surface area (Å²) in [5, 5.41) is 9.47. The van der Waals surface area contributed by atoms with Gasteiger partial charge in [-0.05, 0) is 42.5 Å². The van der Waals surface area contributed by atoms with Crippen molar-refractivity contribution in [3.63, 3.8) is 0 Å². The van der Waals surface area contributed by atoms with Gasteiger partial charge in [0.2, 0.25) is 0 Å². The molecule has 0 saturated carbocycles. The first kappa shape index (κ1) is 15.5. The number of hydrogen-bond donors (Lipinski definition) is 0. The third kappa shape index (κ3) is 3.35. The zero-order valence-corrected chi connectivity index (χ0v) is 13.8. The van der Waals surface area contributed by atoms with E-state index in [1.165, 1.54) is 5.69 Å². The molecule has 0 aromatic heterocycles. The van der Waals surface area contributed by atoms with Crippen molar-refractivity contribution in [2.24, 2.45) is 0 Å². The minimum Gasteiger partial charge on any atom is -0.497 e. The lowest BCUT2D eigenvalue weighted by Gasteiger charge is -2.37. The molecule has 0 amide bonds. The lowest BCUT2D eigenvalue weighted by Crippen LogP contribution is -2.46. The van der Waals surface area contributed by atoms with Gasteiger partial charge in [0.05, 0.1) is 17.7 Å². The van der Waals surface area contributed by atoms with E-state index in [4.69, 9.17) is 21.6 Å². The molecule has 0 bridgehead atoms. The third-order valence-corrected chi connectivity index (χ3v) is 4.47. The van der Waals surface area contributed by atoms with Crippen molar-refractivity contribution in [2.75, 3.05) is 43.1 Å². The van der Waals surface area contributed by atoms with Crippen LogP contribution >= 0.6 is 11.6 Å². The Morgan fingerprint density at radius 2 is 1.52 bits per heavy atom. The number of anilines is 2. The molecule has 0 spiro atoms. The Balaban J connectivity index is 1.66. The average molecular weight is 328 g/mol. The van der Waals surface area contributed by atoms with Gasteiger partial charge in [0.1, 0.15) is 11.8 Å². The maximum absolute atomic E-state index is 8.95. The van der Waals surface area contributed by atoms with Crippen molar-refractivity contribution in [3.05, 3.63) is 53.1 Å². The summed E-state index contributed by atoms with van der Waals surface area (Å²) in [5.41, 5.74) is 2.80. The number of benzene rings is 2. The van der Waals surface area contributed by atoms with E-state index in [1.807, 2.05) is 24.3 Å². The van der Waals surface area contributed by atoms with Gasteiger partial charge in [-0.1, -0.05) is 11.6 Å². The fraction of sp³-hybridized carbons (Fsp3) is 0.278. The van der Waals surface area contributed by atoms with Gasteiger partial charge in [-0.15, -0.1) is 0 Å². The predicted octanol–water partition coefficient (Wildman–Crippen LogP) is 3.55. The Morgan fingerprint density at radius 1 is 0.957 bits per heavy atom. The summed E-state index contributed by atoms with van der Waals surface area (Å²) >= 11 is 6.13. The van der Waals surface area contributed by atoms with Gasteiger partial charge in [0.25, 0.3) is 0 Å². The van der Waals surface area contributed by atoms with E-state index < -0.39 is 0 Å². The lowest BCUT2D eigenvalue weighted by molar-refractivity contribution is 0.415. The minimum absolute atomic E-state index is 0.516. The maximum Gasteiger partial charge on any atom is 0.119 e. The van der Waals surface area contributed by atoms with Crippen molar-refractivity contribution in [2.45, 2.75) is 0 Å². The highest BCUT2D eigenvalue weighted by molar-refractivity contribution is 6.32. The standard InChI is InChI=1S/C18H18ClN3O/c1-23-17-6-4-15(5-7-17)21-8-10-22(11-9-21)16-3-2-14(13-20)18(19)12-16/h2-7,12H,8-11H2,1H3. The molecule has 0 atom stereocenters. The summed E-state index contributed by atoms with van der Waals surface area (Å²) in [6, 6.07) is 15.9. The molecule has 118 valence electrons. The van der Waals surface area contributed by atoms with Crippen LogP contribution in [0.5, 0.6) is 5.75 Å². The molecule has 0 aliphatic carbocycles. The van der Waals surface area contributed by atoms with Crippen LogP contribution in [0.2, 0.25) is 5.02 Å². The van der Waals surface area contributed by atoms with Crippen molar-refractivity contribution < 1.29 is 4.74 Å². The zero-order valence-electron chi connectivity index (χ0n) is 13.0. The molecule has 0 unspecified atom stereocenters. The number of halogens is 1. The Kier molecular flexibility index (Phi) is 4.59. The van der Waals surface area contributed by atoms with E-state index in [1.54, 1.807) is 13.2 Å². The SMILES string of the molecule is COc1ccc(N2CCN(c3ccc(C#N)c(Cl)c3)CC2)cc1. The van der Waals surface area contributed by atoms with E-state index in [-0.39, 0.29) is 0 Å². The normalized spacial score (nSPS) is 14.5. The van der Waals surface area contributed by atoms with Crippen LogP contribution in [0.15, 0.2) is 42.5 Å². The van der Waals surface area contributed by atoms with Gasteiger partial charge in [0, 0.05) is 37.6 Å². The summed E-state index contributed by atoms with van der Waals surface area (Å²) in [7, 11) is 1.68. The van der Waals surface area contributed by atoms with Crippen molar-refractivity contribution in [1.29, 1.82) is 5.26 Å². The second-order valence-corrected chi connectivity index (χ2v) is 5.86. The molecule has 1 aliphatic rings. The Hall–Kier alpha value is -2.38. The molecule has 4 nitrogen and oxygen atoms in total. The highest BCUT2D eigenvalue weighted by Crippen LogP contribution is 2.26. The van der Waals surface area contributed by atoms with E-state index in [9.17, 15) is 0 Å². The minimum atomic E-state index is 0.516. The second kappa shape index (κ2) is 6.80. The van der Waals surface area contributed by atoms with E-state index in [0.717, 1.165) is 37.6 Å². The van der Waals surface area contributed by atoms with Gasteiger partial charge in [0.15, 0.2) is 0 Å². The number of piperazine rings is 1. The van der Waals surface area contributed by atoms with Gasteiger partial charge in [-0.25, -0.2) is 0 Å². The molecule has 1 fully saturated rings. The summed E-state index contributed by atoms with van der Waals surface area (Å²) in [4.78, 5) is 4.66. The summed E-state index contributed by atoms with van der Waals surface area (Å²) in [6.07, 6.45) is 0. The highest BCUT2D eigenvalue weighted by Gasteiger charge is 2.18. The fourth-order valence-electron chi connectivity index (χ4n) is 2.81. The number of hydrogen-bond acceptors (Lipinski definition) is 4. The monoisotopic (exact) mass is 327 g/mol. The van der Waals surface area contributed by atoms with Crippen molar-refractivity contribution >= 4 is 23.0 Å². The summed E-state index contributed by atoms with van der Waals surface area (Å²) in [5.74, 6) is 0.875. The molecule has 1 saturated heterocycles. The van der Waals surface area contributed by atoms with Crippen LogP contribution in [0.3, 0.4) is 0 Å².